The number of anilines is 1. The van der Waals surface area contributed by atoms with Crippen LogP contribution in [0.2, 0.25) is 0 Å². The summed E-state index contributed by atoms with van der Waals surface area (Å²) in [5.74, 6) is -3.65. The lowest BCUT2D eigenvalue weighted by Crippen LogP contribution is -2.33. The van der Waals surface area contributed by atoms with E-state index < -0.39 is 30.2 Å². The fourth-order valence-electron chi connectivity index (χ4n) is 2.82. The Morgan fingerprint density at radius 1 is 1.31 bits per heavy atom. The number of aryl methyl sites for hydroxylation is 1. The molecule has 2 heterocycles. The van der Waals surface area contributed by atoms with Gasteiger partial charge in [0.25, 0.3) is 0 Å². The molecule has 3 rings (SSSR count). The minimum Gasteiger partial charge on any atom is -0.477 e. The molecule has 0 fully saturated rings. The number of aromatic nitrogens is 3. The van der Waals surface area contributed by atoms with Crippen molar-refractivity contribution in [2.45, 2.75) is 27.0 Å². The summed E-state index contributed by atoms with van der Waals surface area (Å²) < 4.78 is 38.8. The minimum atomic E-state index is -1.38. The predicted molar refractivity (Wildman–Crippen MR) is 113 cm³/mol. The molecule has 0 saturated carbocycles. The maximum Gasteiger partial charge on any atom is 0.344 e. The Morgan fingerprint density at radius 3 is 2.78 bits per heavy atom. The average Bonchev–Trinajstić information content (AvgIpc) is 3.40. The highest BCUT2D eigenvalue weighted by Gasteiger charge is 2.24. The van der Waals surface area contributed by atoms with E-state index in [-0.39, 0.29) is 33.5 Å². The number of benzene rings is 1. The molecule has 0 aliphatic rings. The fourth-order valence-corrected chi connectivity index (χ4v) is 3.55. The number of imidazole rings is 1. The van der Waals surface area contributed by atoms with Crippen LogP contribution in [0.4, 0.5) is 18.6 Å². The minimum absolute atomic E-state index is 0.0391. The van der Waals surface area contributed by atoms with E-state index in [9.17, 15) is 23.5 Å². The van der Waals surface area contributed by atoms with E-state index in [1.807, 2.05) is 17.7 Å². The number of aromatic carboxylic acids is 1. The van der Waals surface area contributed by atoms with Crippen molar-refractivity contribution in [1.82, 2.24) is 19.2 Å². The Bertz CT molecular complexity index is 1100. The largest absolute Gasteiger partial charge is 0.477 e. The first-order chi connectivity index (χ1) is 15.3. The first kappa shape index (κ1) is 23.1. The number of carbonyl (C=O) groups excluding carboxylic acids is 1. The van der Waals surface area contributed by atoms with Crippen LogP contribution in [-0.2, 0) is 13.2 Å². The van der Waals surface area contributed by atoms with Crippen molar-refractivity contribution in [3.63, 3.8) is 0 Å². The highest BCUT2D eigenvalue weighted by molar-refractivity contribution is 7.11. The normalized spacial score (nSPS) is 11.8. The molecule has 0 bridgehead atoms. The number of carboxylic acid groups (broad SMARTS) is 1. The topological polar surface area (TPSA) is 118 Å². The predicted octanol–water partition coefficient (Wildman–Crippen LogP) is 3.66. The molecule has 2 amide bonds. The Hall–Kier alpha value is -3.54. The van der Waals surface area contributed by atoms with Crippen molar-refractivity contribution in [2.75, 3.05) is 11.9 Å². The standard InChI is InChI=1S/C20H21F2N5O4S/c1-11(8-27-6-5-23-10-27)7-24-20(30)25-18-14(19(28)29)17(26-32-18)31-9-13-4-3-12(2)15(21)16(13)22/h3-6,10-11H,7-9H2,1-2H3,(H,28,29)(H2,24,25,30). The van der Waals surface area contributed by atoms with Crippen LogP contribution in [0, 0.1) is 24.5 Å². The molecule has 0 spiro atoms. The Balaban J connectivity index is 1.61. The zero-order valence-electron chi connectivity index (χ0n) is 17.3. The van der Waals surface area contributed by atoms with Crippen LogP contribution < -0.4 is 15.4 Å². The molecule has 1 unspecified atom stereocenters. The third kappa shape index (κ3) is 5.58. The molecule has 0 saturated heterocycles. The number of halogens is 2. The van der Waals surface area contributed by atoms with Gasteiger partial charge in [-0.3, -0.25) is 5.32 Å². The van der Waals surface area contributed by atoms with Crippen LogP contribution in [0.5, 0.6) is 5.88 Å². The second-order valence-electron chi connectivity index (χ2n) is 7.15. The lowest BCUT2D eigenvalue weighted by molar-refractivity contribution is 0.0693. The molecule has 1 atom stereocenters. The molecule has 12 heteroatoms. The van der Waals surface area contributed by atoms with Crippen LogP contribution in [0.15, 0.2) is 30.9 Å². The molecule has 3 aromatic rings. The van der Waals surface area contributed by atoms with Crippen molar-refractivity contribution in [3.05, 3.63) is 59.2 Å². The van der Waals surface area contributed by atoms with E-state index >= 15 is 0 Å². The Labute approximate surface area is 186 Å². The maximum absolute atomic E-state index is 14.0. The van der Waals surface area contributed by atoms with Crippen molar-refractivity contribution in [1.29, 1.82) is 0 Å². The molecule has 0 radical (unpaired) electrons. The first-order valence-electron chi connectivity index (χ1n) is 9.56. The number of carbonyl (C=O) groups is 2. The quantitative estimate of drug-likeness (QED) is 0.444. The SMILES string of the molecule is Cc1ccc(COc2nsc(NC(=O)NCC(C)Cn3ccnc3)c2C(=O)O)c(F)c1F. The lowest BCUT2D eigenvalue weighted by atomic mass is 10.1. The fraction of sp³-hybridized carbons (Fsp3) is 0.300. The molecule has 1 aromatic carbocycles. The lowest BCUT2D eigenvalue weighted by Gasteiger charge is -2.13. The summed E-state index contributed by atoms with van der Waals surface area (Å²) >= 11 is 0.708. The molecule has 32 heavy (non-hydrogen) atoms. The average molecular weight is 465 g/mol. The van der Waals surface area contributed by atoms with Crippen molar-refractivity contribution < 1.29 is 28.2 Å². The van der Waals surface area contributed by atoms with E-state index in [4.69, 9.17) is 4.74 Å². The number of amides is 2. The van der Waals surface area contributed by atoms with Crippen LogP contribution >= 0.6 is 11.5 Å². The molecule has 9 nitrogen and oxygen atoms in total. The molecule has 2 aromatic heterocycles. The number of hydrogen-bond acceptors (Lipinski definition) is 6. The van der Waals surface area contributed by atoms with Crippen LogP contribution in [-0.4, -0.2) is 37.6 Å². The second kappa shape index (κ2) is 10.2. The highest BCUT2D eigenvalue weighted by Crippen LogP contribution is 2.31. The van der Waals surface area contributed by atoms with Gasteiger partial charge in [-0.1, -0.05) is 19.1 Å². The smallest absolute Gasteiger partial charge is 0.344 e. The van der Waals surface area contributed by atoms with E-state index in [2.05, 4.69) is 20.0 Å². The summed E-state index contributed by atoms with van der Waals surface area (Å²) in [7, 11) is 0. The molecule has 170 valence electrons. The molecular weight excluding hydrogens is 444 g/mol. The third-order valence-corrected chi connectivity index (χ3v) is 5.26. The maximum atomic E-state index is 14.0. The zero-order valence-corrected chi connectivity index (χ0v) is 18.1. The Morgan fingerprint density at radius 2 is 2.09 bits per heavy atom. The summed E-state index contributed by atoms with van der Waals surface area (Å²) in [4.78, 5) is 27.8. The van der Waals surface area contributed by atoms with E-state index in [1.165, 1.54) is 19.1 Å². The van der Waals surface area contributed by atoms with Gasteiger partial charge in [0.15, 0.2) is 17.2 Å². The highest BCUT2D eigenvalue weighted by atomic mass is 32.1. The Kier molecular flexibility index (Phi) is 7.36. The number of hydrogen-bond donors (Lipinski definition) is 3. The van der Waals surface area contributed by atoms with Crippen LogP contribution in [0.25, 0.3) is 0 Å². The zero-order chi connectivity index (χ0) is 23.3. The van der Waals surface area contributed by atoms with Crippen molar-refractivity contribution >= 4 is 28.5 Å². The van der Waals surface area contributed by atoms with Crippen LogP contribution in [0.3, 0.4) is 0 Å². The van der Waals surface area contributed by atoms with Gasteiger partial charge in [-0.25, -0.2) is 23.4 Å². The first-order valence-corrected chi connectivity index (χ1v) is 10.3. The molecular formula is C20H21F2N5O4S. The van der Waals surface area contributed by atoms with Gasteiger partial charge in [0, 0.05) is 31.0 Å². The van der Waals surface area contributed by atoms with E-state index in [0.29, 0.717) is 24.6 Å². The van der Waals surface area contributed by atoms with Gasteiger partial charge >= 0.3 is 12.0 Å². The summed E-state index contributed by atoms with van der Waals surface area (Å²) in [5, 5.41) is 14.6. The summed E-state index contributed by atoms with van der Waals surface area (Å²) in [6, 6.07) is 2.13. The number of nitrogens with one attached hydrogen (secondary N) is 2. The molecule has 3 N–H and O–H groups in total. The number of carboxylic acids is 1. The van der Waals surface area contributed by atoms with Crippen molar-refractivity contribution in [2.24, 2.45) is 5.92 Å². The monoisotopic (exact) mass is 465 g/mol. The van der Waals surface area contributed by atoms with Gasteiger partial charge < -0.3 is 19.7 Å². The van der Waals surface area contributed by atoms with Gasteiger partial charge in [-0.15, -0.1) is 0 Å². The van der Waals surface area contributed by atoms with E-state index in [0.717, 1.165) is 0 Å². The van der Waals surface area contributed by atoms with Gasteiger partial charge in [0.1, 0.15) is 11.6 Å². The summed E-state index contributed by atoms with van der Waals surface area (Å²) in [6.07, 6.45) is 5.14. The van der Waals surface area contributed by atoms with Gasteiger partial charge in [-0.05, 0) is 29.9 Å². The molecule has 0 aliphatic heterocycles. The summed E-state index contributed by atoms with van der Waals surface area (Å²) in [6.45, 7) is 3.93. The number of ether oxygens (including phenoxy) is 1. The second-order valence-corrected chi connectivity index (χ2v) is 7.93. The third-order valence-electron chi connectivity index (χ3n) is 4.51. The number of nitrogens with zero attached hydrogens (tertiary/aromatic N) is 3. The van der Waals surface area contributed by atoms with Crippen LogP contribution in [0.1, 0.15) is 28.4 Å². The number of urea groups is 1. The van der Waals surface area contributed by atoms with Gasteiger partial charge in [0.2, 0.25) is 5.88 Å². The van der Waals surface area contributed by atoms with Crippen molar-refractivity contribution in [3.8, 4) is 5.88 Å². The summed E-state index contributed by atoms with van der Waals surface area (Å²) in [5.41, 5.74) is -0.316. The van der Waals surface area contributed by atoms with Gasteiger partial charge in [-0.2, -0.15) is 4.37 Å². The molecule has 0 aliphatic carbocycles. The van der Waals surface area contributed by atoms with E-state index in [1.54, 1.807) is 12.5 Å². The number of rotatable bonds is 9. The van der Waals surface area contributed by atoms with Gasteiger partial charge in [0.05, 0.1) is 6.33 Å².